The number of methoxy groups -OCH3 is 1. The van der Waals surface area contributed by atoms with E-state index in [2.05, 4.69) is 26.7 Å². The molecule has 0 unspecified atom stereocenters. The lowest BCUT2D eigenvalue weighted by Gasteiger charge is -2.37. The van der Waals surface area contributed by atoms with Gasteiger partial charge < -0.3 is 14.5 Å². The first kappa shape index (κ1) is 16.0. The van der Waals surface area contributed by atoms with Crippen molar-refractivity contribution in [3.63, 3.8) is 0 Å². The summed E-state index contributed by atoms with van der Waals surface area (Å²) in [6.07, 6.45) is 5.86. The van der Waals surface area contributed by atoms with E-state index in [1.54, 1.807) is 19.4 Å². The average Bonchev–Trinajstić information content (AvgIpc) is 2.61. The number of hydrogen-bond acceptors (Lipinski definition) is 5. The van der Waals surface area contributed by atoms with Crippen LogP contribution in [0.25, 0.3) is 0 Å². The van der Waals surface area contributed by atoms with Gasteiger partial charge in [-0.1, -0.05) is 6.92 Å². The molecule has 1 atom stereocenters. The fraction of sp³-hybridized carbons (Fsp3) is 0.706. The second-order valence-electron chi connectivity index (χ2n) is 6.69. The Hall–Kier alpha value is -1.85. The largest absolute Gasteiger partial charge is 0.481 e. The van der Waals surface area contributed by atoms with Gasteiger partial charge >= 0.3 is 0 Å². The number of ether oxygens (including phenoxy) is 1. The van der Waals surface area contributed by atoms with Crippen LogP contribution in [0.1, 0.15) is 32.6 Å². The molecular formula is C17H26N4O2. The van der Waals surface area contributed by atoms with Crippen molar-refractivity contribution in [2.24, 2.45) is 11.8 Å². The molecule has 6 heteroatoms. The number of nitrogens with zero attached hydrogens (tertiary/aromatic N) is 4. The number of likely N-dealkylation sites (tertiary alicyclic amines) is 1. The number of carbonyl (C=O) groups excluding carboxylic acids is 1. The summed E-state index contributed by atoms with van der Waals surface area (Å²) in [7, 11) is 1.61. The number of carbonyl (C=O) groups is 1. The minimum atomic E-state index is 0.155. The van der Waals surface area contributed by atoms with E-state index >= 15 is 0 Å². The van der Waals surface area contributed by atoms with Gasteiger partial charge in [-0.05, 0) is 31.6 Å². The van der Waals surface area contributed by atoms with Crippen LogP contribution in [0.3, 0.4) is 0 Å². The highest BCUT2D eigenvalue weighted by Crippen LogP contribution is 2.25. The van der Waals surface area contributed by atoms with E-state index in [-0.39, 0.29) is 5.92 Å². The number of hydrogen-bond donors (Lipinski definition) is 0. The lowest BCUT2D eigenvalue weighted by Crippen LogP contribution is -2.46. The monoisotopic (exact) mass is 318 g/mol. The Morgan fingerprint density at radius 2 is 2.04 bits per heavy atom. The zero-order valence-corrected chi connectivity index (χ0v) is 14.1. The van der Waals surface area contributed by atoms with E-state index in [0.717, 1.165) is 45.4 Å². The third-order valence-electron chi connectivity index (χ3n) is 4.92. The van der Waals surface area contributed by atoms with Crippen LogP contribution in [-0.4, -0.2) is 54.1 Å². The average molecular weight is 318 g/mol. The molecule has 2 aliphatic heterocycles. The summed E-state index contributed by atoms with van der Waals surface area (Å²) in [6, 6.07) is 1.75. The topological polar surface area (TPSA) is 58.6 Å². The van der Waals surface area contributed by atoms with Gasteiger partial charge in [0.25, 0.3) is 0 Å². The fourth-order valence-corrected chi connectivity index (χ4v) is 3.57. The van der Waals surface area contributed by atoms with Gasteiger partial charge in [0.15, 0.2) is 0 Å². The van der Waals surface area contributed by atoms with E-state index < -0.39 is 0 Å². The van der Waals surface area contributed by atoms with E-state index in [9.17, 15) is 4.79 Å². The van der Waals surface area contributed by atoms with E-state index in [1.807, 2.05) is 0 Å². The summed E-state index contributed by atoms with van der Waals surface area (Å²) < 4.78 is 5.16. The van der Waals surface area contributed by atoms with Gasteiger partial charge in [-0.2, -0.15) is 4.98 Å². The van der Waals surface area contributed by atoms with Crippen molar-refractivity contribution in [1.82, 2.24) is 14.9 Å². The Labute approximate surface area is 137 Å². The maximum atomic E-state index is 12.7. The van der Waals surface area contributed by atoms with Crippen molar-refractivity contribution in [3.8, 4) is 5.88 Å². The second kappa shape index (κ2) is 7.15. The minimum Gasteiger partial charge on any atom is -0.481 e. The predicted octanol–water partition coefficient (Wildman–Crippen LogP) is 1.96. The van der Waals surface area contributed by atoms with Crippen molar-refractivity contribution in [2.45, 2.75) is 32.6 Å². The molecule has 2 saturated heterocycles. The van der Waals surface area contributed by atoms with Crippen LogP contribution in [-0.2, 0) is 4.79 Å². The van der Waals surface area contributed by atoms with Crippen LogP contribution in [0.15, 0.2) is 12.3 Å². The van der Waals surface area contributed by atoms with Gasteiger partial charge in [0.05, 0.1) is 7.11 Å². The first-order valence-corrected chi connectivity index (χ1v) is 8.58. The Balaban J connectivity index is 1.56. The van der Waals surface area contributed by atoms with Crippen LogP contribution in [0.4, 0.5) is 5.95 Å². The number of rotatable bonds is 3. The van der Waals surface area contributed by atoms with Crippen molar-refractivity contribution < 1.29 is 9.53 Å². The molecule has 1 amide bonds. The molecule has 6 nitrogen and oxygen atoms in total. The van der Waals surface area contributed by atoms with Crippen LogP contribution in [0, 0.1) is 11.8 Å². The molecule has 0 aliphatic carbocycles. The third-order valence-corrected chi connectivity index (χ3v) is 4.92. The van der Waals surface area contributed by atoms with Crippen molar-refractivity contribution in [2.75, 3.05) is 38.2 Å². The molecule has 0 bridgehead atoms. The normalized spacial score (nSPS) is 23.0. The van der Waals surface area contributed by atoms with Gasteiger partial charge in [0.2, 0.25) is 17.7 Å². The summed E-state index contributed by atoms with van der Waals surface area (Å²) in [4.78, 5) is 25.6. The molecule has 23 heavy (non-hydrogen) atoms. The highest BCUT2D eigenvalue weighted by molar-refractivity contribution is 5.79. The Kier molecular flexibility index (Phi) is 4.98. The molecule has 2 fully saturated rings. The van der Waals surface area contributed by atoms with Gasteiger partial charge in [-0.15, -0.1) is 0 Å². The molecule has 0 N–H and O–H groups in total. The fourth-order valence-electron chi connectivity index (χ4n) is 3.57. The lowest BCUT2D eigenvalue weighted by molar-refractivity contribution is -0.137. The molecule has 2 aliphatic rings. The van der Waals surface area contributed by atoms with E-state index in [4.69, 9.17) is 4.74 Å². The van der Waals surface area contributed by atoms with Gasteiger partial charge in [0, 0.05) is 44.4 Å². The summed E-state index contributed by atoms with van der Waals surface area (Å²) in [5.41, 5.74) is 0. The quantitative estimate of drug-likeness (QED) is 0.853. The summed E-state index contributed by atoms with van der Waals surface area (Å²) in [5.74, 6) is 2.42. The summed E-state index contributed by atoms with van der Waals surface area (Å²) in [5, 5.41) is 0. The zero-order valence-electron chi connectivity index (χ0n) is 14.1. The van der Waals surface area contributed by atoms with Crippen molar-refractivity contribution in [1.29, 1.82) is 0 Å². The molecule has 1 aromatic rings. The lowest BCUT2D eigenvalue weighted by atomic mass is 9.93. The predicted molar refractivity (Wildman–Crippen MR) is 88.5 cm³/mol. The number of aromatic nitrogens is 2. The number of amides is 1. The van der Waals surface area contributed by atoms with Crippen LogP contribution >= 0.6 is 0 Å². The molecule has 126 valence electrons. The van der Waals surface area contributed by atoms with E-state index in [0.29, 0.717) is 23.7 Å². The smallest absolute Gasteiger partial charge is 0.228 e. The van der Waals surface area contributed by atoms with Gasteiger partial charge in [-0.3, -0.25) is 4.79 Å². The highest BCUT2D eigenvalue weighted by Gasteiger charge is 2.31. The van der Waals surface area contributed by atoms with E-state index in [1.165, 1.54) is 6.42 Å². The molecule has 0 spiro atoms. The number of anilines is 1. The molecule has 0 saturated carbocycles. The standard InChI is InChI=1S/C17H26N4O2/c1-13-4-3-9-21(12-13)16(22)14-6-10-20(11-7-14)17-18-8-5-15(19-17)23-2/h5,8,13-14H,3-4,6-7,9-12H2,1-2H3/t13-/m1/s1. The number of piperidine rings is 2. The van der Waals surface area contributed by atoms with Gasteiger partial charge in [0.1, 0.15) is 0 Å². The van der Waals surface area contributed by atoms with Crippen molar-refractivity contribution in [3.05, 3.63) is 12.3 Å². The molecule has 0 aromatic carbocycles. The first-order valence-electron chi connectivity index (χ1n) is 8.58. The summed E-state index contributed by atoms with van der Waals surface area (Å²) >= 11 is 0. The maximum Gasteiger partial charge on any atom is 0.228 e. The summed E-state index contributed by atoms with van der Waals surface area (Å²) in [6.45, 7) is 5.75. The molecule has 3 rings (SSSR count). The van der Waals surface area contributed by atoms with Crippen LogP contribution < -0.4 is 9.64 Å². The molecule has 3 heterocycles. The zero-order chi connectivity index (χ0) is 16.2. The first-order chi connectivity index (χ1) is 11.2. The molecular weight excluding hydrogens is 292 g/mol. The van der Waals surface area contributed by atoms with Crippen molar-refractivity contribution >= 4 is 11.9 Å². The van der Waals surface area contributed by atoms with Crippen LogP contribution in [0.5, 0.6) is 5.88 Å². The third kappa shape index (κ3) is 3.74. The minimum absolute atomic E-state index is 0.155. The maximum absolute atomic E-state index is 12.7. The van der Waals surface area contributed by atoms with Gasteiger partial charge in [-0.25, -0.2) is 4.98 Å². The Morgan fingerprint density at radius 1 is 1.26 bits per heavy atom. The van der Waals surface area contributed by atoms with Crippen LogP contribution in [0.2, 0.25) is 0 Å². The molecule has 0 radical (unpaired) electrons. The Morgan fingerprint density at radius 3 is 2.74 bits per heavy atom. The molecule has 1 aromatic heterocycles. The Bertz CT molecular complexity index is 543. The highest BCUT2D eigenvalue weighted by atomic mass is 16.5. The second-order valence-corrected chi connectivity index (χ2v) is 6.69. The SMILES string of the molecule is COc1ccnc(N2CCC(C(=O)N3CCC[C@@H](C)C3)CC2)n1.